The molecule has 0 saturated heterocycles. The van der Waals surface area contributed by atoms with E-state index in [1.54, 1.807) is 17.8 Å². The lowest BCUT2D eigenvalue weighted by atomic mass is 9.92. The Morgan fingerprint density at radius 3 is 2.64 bits per heavy atom. The van der Waals surface area contributed by atoms with Crippen LogP contribution in [-0.4, -0.2) is 42.1 Å². The van der Waals surface area contributed by atoms with Crippen LogP contribution in [0, 0.1) is 5.41 Å². The van der Waals surface area contributed by atoms with E-state index in [2.05, 4.69) is 22.0 Å². The van der Waals surface area contributed by atoms with Crippen molar-refractivity contribution < 1.29 is 9.53 Å². The van der Waals surface area contributed by atoms with Crippen LogP contribution in [0.2, 0.25) is 5.02 Å². The number of halogens is 1. The van der Waals surface area contributed by atoms with Gasteiger partial charge in [0.2, 0.25) is 0 Å². The summed E-state index contributed by atoms with van der Waals surface area (Å²) in [6, 6.07) is 7.25. The van der Waals surface area contributed by atoms with Crippen molar-refractivity contribution in [2.24, 2.45) is 4.99 Å². The molecule has 1 aliphatic rings. The second-order valence-electron chi connectivity index (χ2n) is 5.99. The summed E-state index contributed by atoms with van der Waals surface area (Å²) in [6.07, 6.45) is 6.74. The SMILES string of the molecule is CCCSC1=C(Cc2ccc(Cl)cc2)C(N=C(NC(=O)OC)SC)C(=N)C=C1. The maximum Gasteiger partial charge on any atom is 0.412 e. The number of alkyl carbamates (subject to hydrolysis) is 1. The van der Waals surface area contributed by atoms with Crippen molar-refractivity contribution in [3.63, 3.8) is 0 Å². The second kappa shape index (κ2) is 11.3. The lowest BCUT2D eigenvalue weighted by Gasteiger charge is -2.24. The molecule has 5 nitrogen and oxygen atoms in total. The van der Waals surface area contributed by atoms with Crippen LogP contribution in [0.4, 0.5) is 4.79 Å². The van der Waals surface area contributed by atoms with Gasteiger partial charge in [0.15, 0.2) is 5.17 Å². The quantitative estimate of drug-likeness (QED) is 0.467. The highest BCUT2D eigenvalue weighted by molar-refractivity contribution is 8.13. The number of methoxy groups -OCH3 is 1. The molecule has 0 radical (unpaired) electrons. The number of thioether (sulfide) groups is 2. The van der Waals surface area contributed by atoms with Gasteiger partial charge in [-0.2, -0.15) is 0 Å². The average Bonchev–Trinajstić information content (AvgIpc) is 2.70. The van der Waals surface area contributed by atoms with E-state index in [1.165, 1.54) is 18.9 Å². The number of ether oxygens (including phenoxy) is 1. The van der Waals surface area contributed by atoms with E-state index in [1.807, 2.05) is 36.6 Å². The maximum absolute atomic E-state index is 11.6. The molecule has 2 N–H and O–H groups in total. The number of aliphatic imine (C=N–C) groups is 1. The zero-order valence-electron chi connectivity index (χ0n) is 16.1. The molecule has 0 bridgehead atoms. The molecule has 0 fully saturated rings. The van der Waals surface area contributed by atoms with Crippen LogP contribution in [0.1, 0.15) is 18.9 Å². The lowest BCUT2D eigenvalue weighted by molar-refractivity contribution is 0.177. The van der Waals surface area contributed by atoms with Gasteiger partial charge in [0.1, 0.15) is 6.04 Å². The fraction of sp³-hybridized carbons (Fsp3) is 0.350. The van der Waals surface area contributed by atoms with Crippen LogP contribution in [0.3, 0.4) is 0 Å². The minimum atomic E-state index is -0.574. The molecule has 0 heterocycles. The molecule has 1 aromatic carbocycles. The van der Waals surface area contributed by atoms with Crippen molar-refractivity contribution >= 4 is 52.1 Å². The number of carbonyl (C=O) groups is 1. The van der Waals surface area contributed by atoms with E-state index in [0.29, 0.717) is 22.3 Å². The molecule has 0 spiro atoms. The Morgan fingerprint density at radius 2 is 2.04 bits per heavy atom. The molecule has 1 atom stereocenters. The van der Waals surface area contributed by atoms with Crippen LogP contribution in [0.5, 0.6) is 0 Å². The van der Waals surface area contributed by atoms with Crippen LogP contribution in [-0.2, 0) is 11.2 Å². The number of amidine groups is 1. The molecule has 1 aliphatic carbocycles. The number of hydrogen-bond donors (Lipinski definition) is 2. The van der Waals surface area contributed by atoms with Gasteiger partial charge < -0.3 is 10.1 Å². The predicted molar refractivity (Wildman–Crippen MR) is 122 cm³/mol. The van der Waals surface area contributed by atoms with Crippen LogP contribution in [0.15, 0.2) is 51.9 Å². The molecular weight excluding hydrogens is 414 g/mol. The standard InChI is InChI=1S/C20H24ClN3O2S2/c1-4-11-28-17-10-9-16(22)18(23-19(27-3)24-20(25)26-2)15(17)12-13-5-7-14(21)8-6-13/h5-10,18,22H,4,11-12H2,1-3H3,(H,23,24,25). The monoisotopic (exact) mass is 437 g/mol. The van der Waals surface area contributed by atoms with Crippen LogP contribution in [0.25, 0.3) is 0 Å². The highest BCUT2D eigenvalue weighted by Crippen LogP contribution is 2.32. The van der Waals surface area contributed by atoms with Gasteiger partial charge in [-0.1, -0.05) is 42.4 Å². The summed E-state index contributed by atoms with van der Waals surface area (Å²) >= 11 is 9.09. The minimum Gasteiger partial charge on any atom is -0.453 e. The van der Waals surface area contributed by atoms with E-state index in [9.17, 15) is 4.79 Å². The summed E-state index contributed by atoms with van der Waals surface area (Å²) in [5.74, 6) is 0.989. The Kier molecular flexibility index (Phi) is 9.15. The maximum atomic E-state index is 11.6. The number of nitrogens with zero attached hydrogens (tertiary/aromatic N) is 1. The van der Waals surface area contributed by atoms with Gasteiger partial charge >= 0.3 is 6.09 Å². The number of allylic oxidation sites excluding steroid dienone is 1. The smallest absolute Gasteiger partial charge is 0.412 e. The lowest BCUT2D eigenvalue weighted by Crippen LogP contribution is -2.32. The number of rotatable bonds is 6. The van der Waals surface area contributed by atoms with Gasteiger partial charge in [0, 0.05) is 9.93 Å². The normalized spacial score (nSPS) is 17.1. The van der Waals surface area contributed by atoms with E-state index in [-0.39, 0.29) is 0 Å². The van der Waals surface area contributed by atoms with E-state index in [4.69, 9.17) is 17.0 Å². The molecule has 0 aromatic heterocycles. The van der Waals surface area contributed by atoms with Crippen LogP contribution < -0.4 is 5.32 Å². The summed E-state index contributed by atoms with van der Waals surface area (Å²) < 4.78 is 4.67. The molecule has 28 heavy (non-hydrogen) atoms. The number of benzene rings is 1. The Morgan fingerprint density at radius 1 is 1.32 bits per heavy atom. The predicted octanol–water partition coefficient (Wildman–Crippen LogP) is 5.31. The molecule has 0 saturated carbocycles. The zero-order chi connectivity index (χ0) is 20.5. The first-order chi connectivity index (χ1) is 13.5. The third kappa shape index (κ3) is 6.43. The molecule has 150 valence electrons. The molecule has 1 unspecified atom stereocenters. The number of carbonyl (C=O) groups excluding carboxylic acids is 1. The highest BCUT2D eigenvalue weighted by atomic mass is 35.5. The molecular formula is C20H24ClN3O2S2. The Labute approximate surface area is 179 Å². The molecule has 1 amide bonds. The number of amides is 1. The first kappa shape index (κ1) is 22.6. The fourth-order valence-electron chi connectivity index (χ4n) is 2.58. The van der Waals surface area contributed by atoms with Gasteiger partial charge in [-0.05, 0) is 60.3 Å². The summed E-state index contributed by atoms with van der Waals surface area (Å²) in [4.78, 5) is 17.4. The third-order valence-corrected chi connectivity index (χ3v) is 6.13. The van der Waals surface area contributed by atoms with Crippen molar-refractivity contribution in [2.45, 2.75) is 25.8 Å². The van der Waals surface area contributed by atoms with Crippen molar-refractivity contribution in [2.75, 3.05) is 19.1 Å². The van der Waals surface area contributed by atoms with Gasteiger partial charge in [-0.15, -0.1) is 11.8 Å². The highest BCUT2D eigenvalue weighted by Gasteiger charge is 2.25. The second-order valence-corrected chi connectivity index (χ2v) is 8.36. The first-order valence-corrected chi connectivity index (χ1v) is 11.4. The van der Waals surface area contributed by atoms with Crippen LogP contribution >= 0.6 is 35.1 Å². The van der Waals surface area contributed by atoms with Gasteiger partial charge in [0.25, 0.3) is 0 Å². The van der Waals surface area contributed by atoms with Crippen molar-refractivity contribution in [3.05, 3.63) is 57.5 Å². The summed E-state index contributed by atoms with van der Waals surface area (Å²) in [6.45, 7) is 2.14. The Bertz CT molecular complexity index is 804. The van der Waals surface area contributed by atoms with Gasteiger partial charge in [0.05, 0.1) is 12.8 Å². The van der Waals surface area contributed by atoms with Crippen molar-refractivity contribution in [3.8, 4) is 0 Å². The average molecular weight is 438 g/mol. The van der Waals surface area contributed by atoms with Crippen molar-refractivity contribution in [1.82, 2.24) is 5.32 Å². The third-order valence-electron chi connectivity index (χ3n) is 3.96. The summed E-state index contributed by atoms with van der Waals surface area (Å²) in [7, 11) is 1.31. The Hall–Kier alpha value is -1.70. The molecule has 8 heteroatoms. The Balaban J connectivity index is 2.41. The first-order valence-electron chi connectivity index (χ1n) is 8.82. The molecule has 0 aliphatic heterocycles. The largest absolute Gasteiger partial charge is 0.453 e. The number of hydrogen-bond acceptors (Lipinski definition) is 6. The molecule has 2 rings (SSSR count). The fourth-order valence-corrected chi connectivity index (χ4v) is 4.06. The van der Waals surface area contributed by atoms with Gasteiger partial charge in [-0.3, -0.25) is 5.32 Å². The summed E-state index contributed by atoms with van der Waals surface area (Å²) in [5.41, 5.74) is 2.54. The van der Waals surface area contributed by atoms with E-state index >= 15 is 0 Å². The van der Waals surface area contributed by atoms with Crippen molar-refractivity contribution in [1.29, 1.82) is 5.41 Å². The topological polar surface area (TPSA) is 74.5 Å². The minimum absolute atomic E-state index is 0.392. The number of nitrogens with one attached hydrogen (secondary N) is 2. The molecule has 1 aromatic rings. The van der Waals surface area contributed by atoms with Gasteiger partial charge in [-0.25, -0.2) is 9.79 Å². The zero-order valence-corrected chi connectivity index (χ0v) is 18.5. The van der Waals surface area contributed by atoms with E-state index in [0.717, 1.165) is 28.2 Å². The summed E-state index contributed by atoms with van der Waals surface area (Å²) in [5, 5.41) is 12.2. The van der Waals surface area contributed by atoms with E-state index < -0.39 is 12.1 Å².